The second kappa shape index (κ2) is 4.28. The molecule has 1 amide bonds. The molecule has 1 aromatic rings. The van der Waals surface area contributed by atoms with Gasteiger partial charge in [-0.3, -0.25) is 4.79 Å². The van der Waals surface area contributed by atoms with Crippen LogP contribution in [0.15, 0.2) is 18.2 Å². The Morgan fingerprint density at radius 1 is 1.38 bits per heavy atom. The van der Waals surface area contributed by atoms with Gasteiger partial charge < -0.3 is 5.32 Å². The molecule has 2 nitrogen and oxygen atoms in total. The number of aryl methyl sites for hydroxylation is 1. The second-order valence-electron chi connectivity index (χ2n) is 4.68. The Hall–Kier alpha value is -1.31. The monoisotopic (exact) mass is 217 g/mol. The molecule has 2 rings (SSSR count). The molecule has 0 saturated carbocycles. The summed E-state index contributed by atoms with van der Waals surface area (Å²) in [6.45, 7) is 6.42. The van der Waals surface area contributed by atoms with Crippen molar-refractivity contribution in [3.63, 3.8) is 0 Å². The number of benzene rings is 1. The fourth-order valence-corrected chi connectivity index (χ4v) is 2.60. The van der Waals surface area contributed by atoms with Crippen molar-refractivity contribution >= 4 is 5.91 Å². The summed E-state index contributed by atoms with van der Waals surface area (Å²) in [6, 6.07) is 6.70. The fourth-order valence-electron chi connectivity index (χ4n) is 2.60. The zero-order valence-corrected chi connectivity index (χ0v) is 10.2. The van der Waals surface area contributed by atoms with E-state index < -0.39 is 0 Å². The minimum absolute atomic E-state index is 0.192. The van der Waals surface area contributed by atoms with Crippen LogP contribution in [-0.4, -0.2) is 11.9 Å². The van der Waals surface area contributed by atoms with Gasteiger partial charge in [-0.15, -0.1) is 0 Å². The van der Waals surface area contributed by atoms with Crippen molar-refractivity contribution in [1.82, 2.24) is 5.32 Å². The van der Waals surface area contributed by atoms with Crippen molar-refractivity contribution in [3.8, 4) is 0 Å². The summed E-state index contributed by atoms with van der Waals surface area (Å²) in [5.41, 5.74) is 3.99. The number of amides is 1. The molecule has 1 saturated heterocycles. The van der Waals surface area contributed by atoms with Gasteiger partial charge in [0.25, 0.3) is 0 Å². The molecule has 86 valence electrons. The summed E-state index contributed by atoms with van der Waals surface area (Å²) in [5.74, 6) is 0.551. The summed E-state index contributed by atoms with van der Waals surface area (Å²) >= 11 is 0. The minimum atomic E-state index is 0.192. The van der Waals surface area contributed by atoms with Gasteiger partial charge in [-0.25, -0.2) is 0 Å². The van der Waals surface area contributed by atoms with Crippen LogP contribution in [-0.2, 0) is 4.79 Å². The number of hydrogen-bond acceptors (Lipinski definition) is 1. The Labute approximate surface area is 97.1 Å². The average molecular weight is 217 g/mol. The summed E-state index contributed by atoms with van der Waals surface area (Å²) in [6.07, 6.45) is 1.65. The zero-order valence-electron chi connectivity index (χ0n) is 10.2. The molecule has 1 aromatic carbocycles. The van der Waals surface area contributed by atoms with E-state index in [2.05, 4.69) is 44.3 Å². The quantitative estimate of drug-likeness (QED) is 0.810. The van der Waals surface area contributed by atoms with Gasteiger partial charge in [0.05, 0.1) is 0 Å². The van der Waals surface area contributed by atoms with E-state index in [-0.39, 0.29) is 5.91 Å². The zero-order chi connectivity index (χ0) is 11.7. The molecule has 1 fully saturated rings. The van der Waals surface area contributed by atoms with Crippen LogP contribution in [0, 0.1) is 13.8 Å². The first-order chi connectivity index (χ1) is 7.63. The summed E-state index contributed by atoms with van der Waals surface area (Å²) in [4.78, 5) is 11.5. The lowest BCUT2D eigenvalue weighted by Crippen LogP contribution is -2.27. The first kappa shape index (κ1) is 11.2. The van der Waals surface area contributed by atoms with Gasteiger partial charge in [0.2, 0.25) is 5.91 Å². The van der Waals surface area contributed by atoms with Gasteiger partial charge in [0.1, 0.15) is 0 Å². The largest absolute Gasteiger partial charge is 0.353 e. The van der Waals surface area contributed by atoms with Crippen LogP contribution in [0.4, 0.5) is 0 Å². The van der Waals surface area contributed by atoms with E-state index >= 15 is 0 Å². The number of hydrogen-bond donors (Lipinski definition) is 1. The smallest absolute Gasteiger partial charge is 0.220 e. The van der Waals surface area contributed by atoms with Crippen LogP contribution in [0.5, 0.6) is 0 Å². The predicted octanol–water partition coefficient (Wildman–Crippen LogP) is 2.69. The SMILES string of the molecule is CCC1NC(=O)CC1c1cccc(C)c1C. The van der Waals surface area contributed by atoms with E-state index in [9.17, 15) is 4.79 Å². The van der Waals surface area contributed by atoms with Crippen LogP contribution in [0.1, 0.15) is 42.4 Å². The molecular weight excluding hydrogens is 198 g/mol. The second-order valence-corrected chi connectivity index (χ2v) is 4.68. The lowest BCUT2D eigenvalue weighted by molar-refractivity contribution is -0.119. The Balaban J connectivity index is 2.36. The van der Waals surface area contributed by atoms with E-state index in [0.717, 1.165) is 6.42 Å². The first-order valence-corrected chi connectivity index (χ1v) is 5.99. The molecule has 1 N–H and O–H groups in total. The van der Waals surface area contributed by atoms with Gasteiger partial charge >= 0.3 is 0 Å². The number of rotatable bonds is 2. The van der Waals surface area contributed by atoms with Crippen LogP contribution in [0.25, 0.3) is 0 Å². The third kappa shape index (κ3) is 1.84. The molecule has 2 heteroatoms. The lowest BCUT2D eigenvalue weighted by atomic mass is 9.86. The third-order valence-corrected chi connectivity index (χ3v) is 3.72. The molecule has 0 bridgehead atoms. The molecule has 1 aliphatic rings. The number of carbonyl (C=O) groups excluding carboxylic acids is 1. The van der Waals surface area contributed by atoms with Crippen LogP contribution < -0.4 is 5.32 Å². The van der Waals surface area contributed by atoms with E-state index in [1.54, 1.807) is 0 Å². The highest BCUT2D eigenvalue weighted by Crippen LogP contribution is 2.32. The number of carbonyl (C=O) groups is 1. The molecule has 16 heavy (non-hydrogen) atoms. The standard InChI is InChI=1S/C14H19NO/c1-4-13-12(8-14(16)15-13)11-7-5-6-9(2)10(11)3/h5-7,12-13H,4,8H2,1-3H3,(H,15,16). The van der Waals surface area contributed by atoms with Gasteiger partial charge in [0, 0.05) is 18.4 Å². The van der Waals surface area contributed by atoms with Crippen LogP contribution in [0.2, 0.25) is 0 Å². The highest BCUT2D eigenvalue weighted by atomic mass is 16.2. The fraction of sp³-hybridized carbons (Fsp3) is 0.500. The van der Waals surface area contributed by atoms with E-state index in [1.165, 1.54) is 16.7 Å². The normalized spacial score (nSPS) is 24.6. The molecule has 2 atom stereocenters. The molecule has 2 unspecified atom stereocenters. The maximum absolute atomic E-state index is 11.5. The van der Waals surface area contributed by atoms with Crippen molar-refractivity contribution in [2.24, 2.45) is 0 Å². The molecule has 0 spiro atoms. The van der Waals surface area contributed by atoms with Crippen LogP contribution >= 0.6 is 0 Å². The summed E-state index contributed by atoms with van der Waals surface area (Å²) < 4.78 is 0. The topological polar surface area (TPSA) is 29.1 Å². The third-order valence-electron chi connectivity index (χ3n) is 3.72. The summed E-state index contributed by atoms with van der Waals surface area (Å²) in [5, 5.41) is 3.06. The first-order valence-electron chi connectivity index (χ1n) is 5.99. The molecule has 0 radical (unpaired) electrons. The van der Waals surface area contributed by atoms with Gasteiger partial charge in [0.15, 0.2) is 0 Å². The van der Waals surface area contributed by atoms with Crippen molar-refractivity contribution in [3.05, 3.63) is 34.9 Å². The summed E-state index contributed by atoms with van der Waals surface area (Å²) in [7, 11) is 0. The average Bonchev–Trinajstić information content (AvgIpc) is 2.63. The van der Waals surface area contributed by atoms with Crippen molar-refractivity contribution in [2.75, 3.05) is 0 Å². The maximum atomic E-state index is 11.5. The molecule has 0 aromatic heterocycles. The Bertz CT molecular complexity index is 411. The van der Waals surface area contributed by atoms with E-state index in [0.29, 0.717) is 18.4 Å². The minimum Gasteiger partial charge on any atom is -0.353 e. The molecule has 1 heterocycles. The van der Waals surface area contributed by atoms with Crippen molar-refractivity contribution < 1.29 is 4.79 Å². The predicted molar refractivity (Wildman–Crippen MR) is 65.5 cm³/mol. The van der Waals surface area contributed by atoms with Crippen molar-refractivity contribution in [2.45, 2.75) is 45.6 Å². The Morgan fingerprint density at radius 3 is 2.81 bits per heavy atom. The van der Waals surface area contributed by atoms with Gasteiger partial charge in [-0.1, -0.05) is 25.1 Å². The van der Waals surface area contributed by atoms with Gasteiger partial charge in [-0.05, 0) is 37.0 Å². The van der Waals surface area contributed by atoms with Crippen molar-refractivity contribution in [1.29, 1.82) is 0 Å². The van der Waals surface area contributed by atoms with E-state index in [1.807, 2.05) is 0 Å². The number of nitrogens with one attached hydrogen (secondary N) is 1. The van der Waals surface area contributed by atoms with E-state index in [4.69, 9.17) is 0 Å². The molecular formula is C14H19NO. The highest BCUT2D eigenvalue weighted by Gasteiger charge is 2.32. The van der Waals surface area contributed by atoms with Crippen LogP contribution in [0.3, 0.4) is 0 Å². The molecule has 1 aliphatic heterocycles. The van der Waals surface area contributed by atoms with Gasteiger partial charge in [-0.2, -0.15) is 0 Å². The highest BCUT2D eigenvalue weighted by molar-refractivity contribution is 5.80. The Kier molecular flexibility index (Phi) is 2.99. The lowest BCUT2D eigenvalue weighted by Gasteiger charge is -2.20. The Morgan fingerprint density at radius 2 is 2.12 bits per heavy atom. The molecule has 0 aliphatic carbocycles. The maximum Gasteiger partial charge on any atom is 0.220 e.